The van der Waals surface area contributed by atoms with Crippen molar-refractivity contribution in [1.29, 1.82) is 5.26 Å². The van der Waals surface area contributed by atoms with Crippen molar-refractivity contribution >= 4 is 11.9 Å². The Hall–Kier alpha value is -2.86. The van der Waals surface area contributed by atoms with Crippen LogP contribution in [0.1, 0.15) is 45.1 Å². The highest BCUT2D eigenvalue weighted by atomic mass is 15.2. The third kappa shape index (κ3) is 2.98. The van der Waals surface area contributed by atoms with Gasteiger partial charge in [0.25, 0.3) is 0 Å². The number of aliphatic imine (C=N–C) groups is 1. The van der Waals surface area contributed by atoms with Crippen molar-refractivity contribution < 1.29 is 0 Å². The molecule has 1 aromatic rings. The topological polar surface area (TPSA) is 39.4 Å². The van der Waals surface area contributed by atoms with Crippen molar-refractivity contribution in [2.45, 2.75) is 51.0 Å². The van der Waals surface area contributed by atoms with E-state index < -0.39 is 0 Å². The normalized spacial score (nSPS) is 29.2. The standard InChI is InChI=1S/C27H29N3/c1-27(2)23-7-3-5-9-25(23)30(26-10-6-4-8-24(26)27)21-13-11-19(12-14-21)22-18-29-16-15-20(22)17-28/h3-5,7-9,11-13,18,20-22H,6,10,14-16H2,1-2H3. The minimum absolute atomic E-state index is 0.0251. The second kappa shape index (κ2) is 7.43. The van der Waals surface area contributed by atoms with Gasteiger partial charge in [0.05, 0.1) is 18.0 Å². The minimum Gasteiger partial charge on any atom is -0.337 e. The third-order valence-electron chi connectivity index (χ3n) is 7.20. The van der Waals surface area contributed by atoms with Crippen molar-refractivity contribution in [1.82, 2.24) is 0 Å². The van der Waals surface area contributed by atoms with Gasteiger partial charge in [-0.05, 0) is 48.5 Å². The van der Waals surface area contributed by atoms with E-state index in [1.807, 2.05) is 6.21 Å². The highest BCUT2D eigenvalue weighted by Gasteiger charge is 2.39. The highest BCUT2D eigenvalue weighted by molar-refractivity contribution is 5.72. The van der Waals surface area contributed by atoms with Crippen LogP contribution in [0.25, 0.3) is 0 Å². The predicted octanol–water partition coefficient (Wildman–Crippen LogP) is 5.87. The highest BCUT2D eigenvalue weighted by Crippen LogP contribution is 2.49. The summed E-state index contributed by atoms with van der Waals surface area (Å²) >= 11 is 0. The van der Waals surface area contributed by atoms with Crippen LogP contribution in [-0.4, -0.2) is 18.8 Å². The second-order valence-electron chi connectivity index (χ2n) is 9.29. The van der Waals surface area contributed by atoms with E-state index in [0.29, 0.717) is 6.04 Å². The average molecular weight is 396 g/mol. The molecule has 5 rings (SSSR count). The van der Waals surface area contributed by atoms with Crippen molar-refractivity contribution in [3.05, 3.63) is 77.1 Å². The van der Waals surface area contributed by atoms with Crippen LogP contribution in [0.15, 0.2) is 76.5 Å². The van der Waals surface area contributed by atoms with Crippen LogP contribution >= 0.6 is 0 Å². The Labute approximate surface area is 179 Å². The summed E-state index contributed by atoms with van der Waals surface area (Å²) < 4.78 is 0. The van der Waals surface area contributed by atoms with E-state index >= 15 is 0 Å². The summed E-state index contributed by atoms with van der Waals surface area (Å²) in [5.41, 5.74) is 6.96. The van der Waals surface area contributed by atoms with E-state index in [2.05, 4.69) is 84.5 Å². The quantitative estimate of drug-likeness (QED) is 0.628. The maximum Gasteiger partial charge on any atom is 0.0666 e. The minimum atomic E-state index is 0.0251. The molecule has 0 amide bonds. The van der Waals surface area contributed by atoms with Crippen LogP contribution in [0.5, 0.6) is 0 Å². The second-order valence-corrected chi connectivity index (χ2v) is 9.29. The largest absolute Gasteiger partial charge is 0.337 e. The van der Waals surface area contributed by atoms with Gasteiger partial charge in [-0.2, -0.15) is 5.26 Å². The first-order valence-electron chi connectivity index (χ1n) is 11.2. The Kier molecular flexibility index (Phi) is 4.74. The molecule has 0 bridgehead atoms. The van der Waals surface area contributed by atoms with Gasteiger partial charge in [-0.25, -0.2) is 0 Å². The maximum absolute atomic E-state index is 9.55. The molecule has 3 unspecified atom stereocenters. The van der Waals surface area contributed by atoms with E-state index in [4.69, 9.17) is 0 Å². The molecule has 0 radical (unpaired) electrons. The summed E-state index contributed by atoms with van der Waals surface area (Å²) in [6.45, 7) is 5.49. The average Bonchev–Trinajstić information content (AvgIpc) is 2.80. The molecule has 2 aliphatic heterocycles. The van der Waals surface area contributed by atoms with Gasteiger partial charge >= 0.3 is 0 Å². The fourth-order valence-electron chi connectivity index (χ4n) is 5.57. The van der Waals surface area contributed by atoms with E-state index in [9.17, 15) is 5.26 Å². The van der Waals surface area contributed by atoms with Crippen LogP contribution in [0.3, 0.4) is 0 Å². The van der Waals surface area contributed by atoms with E-state index in [-0.39, 0.29) is 17.3 Å². The number of hydrogen-bond acceptors (Lipinski definition) is 3. The van der Waals surface area contributed by atoms with E-state index in [1.54, 1.807) is 0 Å². The number of allylic oxidation sites excluding steroid dienone is 6. The molecule has 0 saturated heterocycles. The first kappa shape index (κ1) is 19.1. The van der Waals surface area contributed by atoms with Crippen LogP contribution in [0, 0.1) is 23.2 Å². The smallest absolute Gasteiger partial charge is 0.0666 e. The lowest BCUT2D eigenvalue weighted by atomic mass is 9.71. The number of rotatable bonds is 2. The molecule has 30 heavy (non-hydrogen) atoms. The van der Waals surface area contributed by atoms with Crippen LogP contribution < -0.4 is 4.90 Å². The van der Waals surface area contributed by atoms with E-state index in [1.165, 1.54) is 28.1 Å². The van der Waals surface area contributed by atoms with Crippen LogP contribution in [0.4, 0.5) is 5.69 Å². The summed E-state index contributed by atoms with van der Waals surface area (Å²) in [6.07, 6.45) is 17.7. The Morgan fingerprint density at radius 1 is 1.20 bits per heavy atom. The Morgan fingerprint density at radius 3 is 2.87 bits per heavy atom. The van der Waals surface area contributed by atoms with Gasteiger partial charge in [-0.15, -0.1) is 0 Å². The van der Waals surface area contributed by atoms with Gasteiger partial charge in [0.1, 0.15) is 0 Å². The molecular weight excluding hydrogens is 366 g/mol. The molecule has 0 spiro atoms. The van der Waals surface area contributed by atoms with Gasteiger partial charge < -0.3 is 4.90 Å². The molecule has 3 heteroatoms. The lowest BCUT2D eigenvalue weighted by Gasteiger charge is -2.47. The van der Waals surface area contributed by atoms with Gasteiger partial charge in [0.2, 0.25) is 0 Å². The van der Waals surface area contributed by atoms with Gasteiger partial charge in [-0.1, -0.05) is 62.4 Å². The number of nitrogens with zero attached hydrogens (tertiary/aromatic N) is 3. The van der Waals surface area contributed by atoms with Gasteiger partial charge in [0, 0.05) is 35.5 Å². The fraction of sp³-hybridized carbons (Fsp3) is 0.407. The number of para-hydroxylation sites is 1. The molecule has 2 aliphatic carbocycles. The number of hydrogen-bond donors (Lipinski definition) is 0. The zero-order chi connectivity index (χ0) is 20.7. The molecule has 1 aromatic carbocycles. The van der Waals surface area contributed by atoms with Gasteiger partial charge in [-0.3, -0.25) is 4.99 Å². The summed E-state index contributed by atoms with van der Waals surface area (Å²) in [7, 11) is 0. The fourth-order valence-corrected chi connectivity index (χ4v) is 5.57. The lowest BCUT2D eigenvalue weighted by molar-refractivity contribution is 0.521. The maximum atomic E-state index is 9.55. The summed E-state index contributed by atoms with van der Waals surface area (Å²) in [4.78, 5) is 7.05. The molecule has 0 saturated carbocycles. The summed E-state index contributed by atoms with van der Waals surface area (Å²) in [5.74, 6) is 0.185. The molecule has 3 atom stereocenters. The number of fused-ring (bicyclic) bond motifs is 1. The molecule has 0 fully saturated rings. The van der Waals surface area contributed by atoms with Crippen molar-refractivity contribution in [2.24, 2.45) is 16.8 Å². The molecule has 0 N–H and O–H groups in total. The van der Waals surface area contributed by atoms with Crippen molar-refractivity contribution in [2.75, 3.05) is 11.4 Å². The Balaban J connectivity index is 1.50. The van der Waals surface area contributed by atoms with Crippen molar-refractivity contribution in [3.8, 4) is 6.07 Å². The SMILES string of the molecule is CC1(C)C2=C(CCC=C2)N(C2C=CC(C3C=NCCC3C#N)=CC2)c2ccccc21. The summed E-state index contributed by atoms with van der Waals surface area (Å²) in [5, 5.41) is 9.55. The first-order chi connectivity index (χ1) is 14.6. The van der Waals surface area contributed by atoms with Crippen LogP contribution in [-0.2, 0) is 5.41 Å². The molecule has 2 heterocycles. The zero-order valence-corrected chi connectivity index (χ0v) is 17.9. The third-order valence-corrected chi connectivity index (χ3v) is 7.20. The molecule has 3 nitrogen and oxygen atoms in total. The lowest BCUT2D eigenvalue weighted by Crippen LogP contribution is -2.42. The van der Waals surface area contributed by atoms with Gasteiger partial charge in [0.15, 0.2) is 0 Å². The summed E-state index contributed by atoms with van der Waals surface area (Å²) in [6, 6.07) is 11.7. The predicted molar refractivity (Wildman–Crippen MR) is 124 cm³/mol. The molecule has 152 valence electrons. The number of benzene rings is 1. The molecular formula is C27H29N3. The first-order valence-corrected chi connectivity index (χ1v) is 11.2. The van der Waals surface area contributed by atoms with Crippen molar-refractivity contribution in [3.63, 3.8) is 0 Å². The Morgan fingerprint density at radius 2 is 2.07 bits per heavy atom. The van der Waals surface area contributed by atoms with Crippen LogP contribution in [0.2, 0.25) is 0 Å². The van der Waals surface area contributed by atoms with E-state index in [0.717, 1.165) is 32.2 Å². The number of nitriles is 1. The Bertz CT molecular complexity index is 1040. The molecule has 0 aromatic heterocycles. The monoisotopic (exact) mass is 395 g/mol. The number of anilines is 1. The molecule has 4 aliphatic rings. The zero-order valence-electron chi connectivity index (χ0n) is 17.9.